The van der Waals surface area contributed by atoms with Gasteiger partial charge in [0.15, 0.2) is 0 Å². The number of carbonyl (C=O) groups is 7. The maximum Gasteiger partial charge on any atom is 0.306 e. The van der Waals surface area contributed by atoms with E-state index in [1.54, 1.807) is 0 Å². The van der Waals surface area contributed by atoms with E-state index in [0.29, 0.717) is 90.4 Å². The second kappa shape index (κ2) is 53.3. The third kappa shape index (κ3) is 51.7. The molecule has 0 aliphatic rings. The smallest absolute Gasteiger partial charge is 0.306 e. The van der Waals surface area contributed by atoms with Gasteiger partial charge in [0.25, 0.3) is 0 Å². The Balaban J connectivity index is 0. The number of rotatable bonds is 49. The molecule has 2 amide bonds. The molecule has 0 fully saturated rings. The molecule has 75 heavy (non-hydrogen) atoms. The molecule has 4 N–H and O–H groups in total. The number of likely N-dealkylation sites (N-methyl/N-ethyl adjacent to an activating group) is 1. The van der Waals surface area contributed by atoms with E-state index >= 15 is 0 Å². The van der Waals surface area contributed by atoms with Crippen molar-refractivity contribution in [2.24, 2.45) is 0 Å². The third-order valence-electron chi connectivity index (χ3n) is 12.5. The van der Waals surface area contributed by atoms with Crippen LogP contribution in [0.4, 0.5) is 0 Å². The molecule has 0 heterocycles. The first-order chi connectivity index (χ1) is 36.1. The Morgan fingerprint density at radius 2 is 0.920 bits per heavy atom. The Kier molecular flexibility index (Phi) is 51.8. The molecule has 0 spiro atoms. The lowest BCUT2D eigenvalue weighted by Crippen LogP contribution is -2.33. The molecule has 4 atom stereocenters. The van der Waals surface area contributed by atoms with Crippen molar-refractivity contribution in [3.63, 3.8) is 0 Å². The normalized spacial score (nSPS) is 12.9. The zero-order valence-electron chi connectivity index (χ0n) is 48.1. The van der Waals surface area contributed by atoms with Crippen molar-refractivity contribution in [3.05, 3.63) is 24.3 Å². The largest absolute Gasteiger partial charge is 0.469 e. The summed E-state index contributed by atoms with van der Waals surface area (Å²) in [6.45, 7) is 9.79. The van der Waals surface area contributed by atoms with Crippen molar-refractivity contribution < 1.29 is 62.7 Å². The summed E-state index contributed by atoms with van der Waals surface area (Å²) in [5.74, 6) is -1.43. The molecule has 0 aromatic heterocycles. The van der Waals surface area contributed by atoms with Crippen LogP contribution in [-0.4, -0.2) is 128 Å². The zero-order valence-corrected chi connectivity index (χ0v) is 48.1. The lowest BCUT2D eigenvalue weighted by Gasteiger charge is -2.22. The number of allylic oxidation sites excluding steroid dienone is 2. The van der Waals surface area contributed by atoms with Crippen LogP contribution < -0.4 is 10.6 Å². The van der Waals surface area contributed by atoms with Crippen LogP contribution >= 0.6 is 0 Å². The number of nitrogens with zero attached hydrogens (tertiary/aromatic N) is 1. The molecule has 0 radical (unpaired) electrons. The molecule has 4 unspecified atom stereocenters. The molecule has 436 valence electrons. The minimum Gasteiger partial charge on any atom is -0.469 e. The van der Waals surface area contributed by atoms with Crippen molar-refractivity contribution in [1.82, 2.24) is 15.5 Å². The van der Waals surface area contributed by atoms with E-state index in [2.05, 4.69) is 48.3 Å². The summed E-state index contributed by atoms with van der Waals surface area (Å²) in [6, 6.07) is 0. The predicted molar refractivity (Wildman–Crippen MR) is 298 cm³/mol. The van der Waals surface area contributed by atoms with E-state index in [9.17, 15) is 43.8 Å². The summed E-state index contributed by atoms with van der Waals surface area (Å²) in [5, 5.41) is 26.7. The van der Waals surface area contributed by atoms with Crippen molar-refractivity contribution >= 4 is 41.5 Å². The number of hydrogen-bond acceptors (Lipinski definition) is 14. The molecule has 0 aliphatic heterocycles. The number of aliphatic hydroxyl groups is 2. The first kappa shape index (κ1) is 72.9. The number of hydrogen-bond donors (Lipinski definition) is 4. The Morgan fingerprint density at radius 1 is 0.493 bits per heavy atom. The molecule has 0 aromatic carbocycles. The third-order valence-corrected chi connectivity index (χ3v) is 12.5. The highest BCUT2D eigenvalue weighted by molar-refractivity contribution is 5.80. The Hall–Kier alpha value is -4.15. The fraction of sp³-hybridized carbons (Fsp3) is 0.814. The Labute approximate surface area is 454 Å². The van der Waals surface area contributed by atoms with E-state index in [4.69, 9.17) is 14.2 Å². The van der Waals surface area contributed by atoms with E-state index in [1.165, 1.54) is 52.6 Å². The zero-order chi connectivity index (χ0) is 56.2. The van der Waals surface area contributed by atoms with Gasteiger partial charge in [-0.25, -0.2) is 0 Å². The summed E-state index contributed by atoms with van der Waals surface area (Å²) in [4.78, 5) is 83.9. The van der Waals surface area contributed by atoms with Gasteiger partial charge in [-0.1, -0.05) is 122 Å². The van der Waals surface area contributed by atoms with Crippen LogP contribution in [0.15, 0.2) is 24.3 Å². The van der Waals surface area contributed by atoms with Gasteiger partial charge in [0.05, 0.1) is 19.3 Å². The van der Waals surface area contributed by atoms with Gasteiger partial charge < -0.3 is 44.7 Å². The number of unbranched alkanes of at least 4 members (excludes halogenated alkanes) is 15. The van der Waals surface area contributed by atoms with Crippen LogP contribution in [0.3, 0.4) is 0 Å². The van der Waals surface area contributed by atoms with Crippen molar-refractivity contribution in [2.45, 2.75) is 264 Å². The number of carbonyl (C=O) groups excluding carboxylic acids is 7. The number of amides is 2. The molecule has 0 rings (SSSR count). The van der Waals surface area contributed by atoms with E-state index in [0.717, 1.165) is 83.5 Å². The molecule has 0 aliphatic carbocycles. The van der Waals surface area contributed by atoms with Crippen molar-refractivity contribution in [2.75, 3.05) is 47.4 Å². The fourth-order valence-corrected chi connectivity index (χ4v) is 7.84. The number of nitrogens with one attached hydrogen (secondary N) is 2. The Bertz CT molecular complexity index is 1520. The lowest BCUT2D eigenvalue weighted by atomic mass is 10.0. The molecular formula is C59H107N3O13. The quantitative estimate of drug-likeness (QED) is 0.0193. The van der Waals surface area contributed by atoms with Gasteiger partial charge in [0, 0.05) is 71.5 Å². The first-order valence-electron chi connectivity index (χ1n) is 29.0. The number of methoxy groups -OCH3 is 1. The predicted octanol–water partition coefficient (Wildman–Crippen LogP) is 10.7. The van der Waals surface area contributed by atoms with Gasteiger partial charge in [0.1, 0.15) is 24.6 Å². The summed E-state index contributed by atoms with van der Waals surface area (Å²) in [7, 11) is 5.14. The summed E-state index contributed by atoms with van der Waals surface area (Å²) in [6.07, 6.45) is 31.4. The number of Topliss-reactive ketones (excluding diaryl/α,β-unsaturated/α-hetero) is 1. The monoisotopic (exact) mass is 1070 g/mol. The highest BCUT2D eigenvalue weighted by atomic mass is 16.6. The van der Waals surface area contributed by atoms with Crippen LogP contribution in [0.25, 0.3) is 0 Å². The van der Waals surface area contributed by atoms with Crippen molar-refractivity contribution in [1.29, 1.82) is 0 Å². The summed E-state index contributed by atoms with van der Waals surface area (Å²) in [5.41, 5.74) is 0. The van der Waals surface area contributed by atoms with Gasteiger partial charge in [-0.05, 0) is 104 Å². The number of ketones is 1. The van der Waals surface area contributed by atoms with E-state index in [1.807, 2.05) is 31.1 Å². The molecule has 0 saturated carbocycles. The van der Waals surface area contributed by atoms with Crippen LogP contribution in [0.1, 0.15) is 240 Å². The van der Waals surface area contributed by atoms with Crippen LogP contribution in [0.5, 0.6) is 0 Å². The molecular weight excluding hydrogens is 959 g/mol. The van der Waals surface area contributed by atoms with Crippen LogP contribution in [0, 0.1) is 0 Å². The minimum absolute atomic E-state index is 0.0198. The van der Waals surface area contributed by atoms with E-state index in [-0.39, 0.29) is 61.2 Å². The standard InChI is InChI=1S/C31H57N3O7.C28H50O6/c1-5-6-13-18-28(41-31(39)21-16-20-30(38)40-25-24-34(3)4)27(36)17-14-11-9-7-8-10-12-15-19-29(37)33-23-22-32-26(2)35;1-4-6-8-9-10-11-12-13-15-20-25(30)26(21-14-7-5-2)34-28(32)23-17-19-24(29)18-16-22-27(31)33-3/h11,14,27-28,36H,5-10,12-13,15-25H2,1-4H3,(H,32,35)(H,33,37);13,15,25-26,30H,4-12,14,16-23H2,1-3H3/b14-11-;15-13-. The lowest BCUT2D eigenvalue weighted by molar-refractivity contribution is -0.156. The Morgan fingerprint density at radius 3 is 1.40 bits per heavy atom. The SMILES string of the molecule is CCCCCC(OC(=O)CCCC(=O)OCCN(C)C)C(O)C/C=C\CCCCCCCC(=O)NCCNC(C)=O.CCCCCCCC/C=C\CC(O)C(CCCCC)OC(=O)CCCC(=O)CCCC(=O)OC. The summed E-state index contributed by atoms with van der Waals surface area (Å²) < 4.78 is 20.9. The van der Waals surface area contributed by atoms with Gasteiger partial charge in [-0.2, -0.15) is 0 Å². The fourth-order valence-electron chi connectivity index (χ4n) is 7.84. The van der Waals surface area contributed by atoms with Gasteiger partial charge in [0.2, 0.25) is 11.8 Å². The summed E-state index contributed by atoms with van der Waals surface area (Å²) >= 11 is 0. The molecule has 0 saturated heterocycles. The minimum atomic E-state index is -0.757. The number of aliphatic hydroxyl groups excluding tert-OH is 2. The van der Waals surface area contributed by atoms with Crippen LogP contribution in [0.2, 0.25) is 0 Å². The average Bonchev–Trinajstić information content (AvgIpc) is 3.37. The second-order valence-electron chi connectivity index (χ2n) is 20.0. The van der Waals surface area contributed by atoms with Crippen LogP contribution in [-0.2, 0) is 52.5 Å². The first-order valence-corrected chi connectivity index (χ1v) is 29.0. The highest BCUT2D eigenvalue weighted by Crippen LogP contribution is 2.18. The molecule has 0 aromatic rings. The molecule has 16 heteroatoms. The van der Waals surface area contributed by atoms with Crippen molar-refractivity contribution in [3.8, 4) is 0 Å². The van der Waals surface area contributed by atoms with Gasteiger partial charge >= 0.3 is 23.9 Å². The molecule has 0 bridgehead atoms. The second-order valence-corrected chi connectivity index (χ2v) is 20.0. The maximum absolute atomic E-state index is 12.4. The van der Waals surface area contributed by atoms with Gasteiger partial charge in [-0.15, -0.1) is 0 Å². The number of esters is 4. The maximum atomic E-state index is 12.4. The average molecular weight is 1070 g/mol. The topological polar surface area (TPSA) is 224 Å². The highest BCUT2D eigenvalue weighted by Gasteiger charge is 2.24. The van der Waals surface area contributed by atoms with Gasteiger partial charge in [-0.3, -0.25) is 33.6 Å². The van der Waals surface area contributed by atoms with E-state index < -0.39 is 30.4 Å². The number of ether oxygens (including phenoxy) is 4. The molecule has 16 nitrogen and oxygen atoms in total.